The SMILES string of the molecule is c1cnc(N2C[C@H]3CC[C@@H](Nc4cnccn4)[C@H]3C2)nc1. The molecule has 2 aromatic heterocycles. The number of rotatable bonds is 3. The molecule has 0 bridgehead atoms. The summed E-state index contributed by atoms with van der Waals surface area (Å²) >= 11 is 0. The molecule has 0 unspecified atom stereocenters. The monoisotopic (exact) mass is 282 g/mol. The molecule has 1 aliphatic carbocycles. The Labute approximate surface area is 123 Å². The van der Waals surface area contributed by atoms with Crippen molar-refractivity contribution in [1.82, 2.24) is 19.9 Å². The number of anilines is 2. The van der Waals surface area contributed by atoms with E-state index in [0.29, 0.717) is 12.0 Å². The second-order valence-corrected chi connectivity index (χ2v) is 5.80. The molecule has 1 aliphatic heterocycles. The molecule has 0 radical (unpaired) electrons. The molecule has 1 N–H and O–H groups in total. The van der Waals surface area contributed by atoms with E-state index in [9.17, 15) is 0 Å². The summed E-state index contributed by atoms with van der Waals surface area (Å²) in [6.45, 7) is 2.08. The fraction of sp³-hybridized carbons (Fsp3) is 0.467. The zero-order valence-electron chi connectivity index (χ0n) is 11.8. The van der Waals surface area contributed by atoms with Crippen molar-refractivity contribution in [3.8, 4) is 0 Å². The smallest absolute Gasteiger partial charge is 0.225 e. The van der Waals surface area contributed by atoms with Crippen LogP contribution in [0.3, 0.4) is 0 Å². The van der Waals surface area contributed by atoms with Gasteiger partial charge in [0.2, 0.25) is 5.95 Å². The normalized spacial score (nSPS) is 27.6. The fourth-order valence-electron chi connectivity index (χ4n) is 3.63. The van der Waals surface area contributed by atoms with Crippen molar-refractivity contribution in [2.45, 2.75) is 18.9 Å². The van der Waals surface area contributed by atoms with Crippen LogP contribution in [0.2, 0.25) is 0 Å². The van der Waals surface area contributed by atoms with E-state index in [1.807, 2.05) is 18.5 Å². The third kappa shape index (κ3) is 2.41. The summed E-state index contributed by atoms with van der Waals surface area (Å²) in [6, 6.07) is 2.33. The predicted octanol–water partition coefficient (Wildman–Crippen LogP) is 1.59. The Balaban J connectivity index is 1.46. The third-order valence-electron chi connectivity index (χ3n) is 4.59. The van der Waals surface area contributed by atoms with Gasteiger partial charge < -0.3 is 10.2 Å². The molecule has 108 valence electrons. The Morgan fingerprint density at radius 3 is 2.71 bits per heavy atom. The van der Waals surface area contributed by atoms with Gasteiger partial charge in [0.15, 0.2) is 0 Å². The maximum absolute atomic E-state index is 4.37. The first-order chi connectivity index (χ1) is 10.4. The topological polar surface area (TPSA) is 66.8 Å². The van der Waals surface area contributed by atoms with Crippen molar-refractivity contribution in [2.75, 3.05) is 23.3 Å². The maximum atomic E-state index is 4.37. The maximum Gasteiger partial charge on any atom is 0.225 e. The highest BCUT2D eigenvalue weighted by atomic mass is 15.3. The number of fused-ring (bicyclic) bond motifs is 1. The second kappa shape index (κ2) is 5.27. The molecule has 6 nitrogen and oxygen atoms in total. The van der Waals surface area contributed by atoms with Gasteiger partial charge in [-0.3, -0.25) is 4.98 Å². The van der Waals surface area contributed by atoms with Gasteiger partial charge in [0, 0.05) is 49.8 Å². The molecule has 2 aromatic rings. The van der Waals surface area contributed by atoms with Crippen molar-refractivity contribution < 1.29 is 0 Å². The van der Waals surface area contributed by atoms with Crippen LogP contribution in [0.1, 0.15) is 12.8 Å². The van der Waals surface area contributed by atoms with Gasteiger partial charge in [0.05, 0.1) is 6.20 Å². The minimum atomic E-state index is 0.473. The van der Waals surface area contributed by atoms with Gasteiger partial charge in [0.1, 0.15) is 5.82 Å². The highest BCUT2D eigenvalue weighted by molar-refractivity contribution is 5.36. The Morgan fingerprint density at radius 2 is 1.90 bits per heavy atom. The van der Waals surface area contributed by atoms with E-state index < -0.39 is 0 Å². The van der Waals surface area contributed by atoms with Crippen LogP contribution in [-0.2, 0) is 0 Å². The number of hydrogen-bond acceptors (Lipinski definition) is 6. The number of hydrogen-bond donors (Lipinski definition) is 1. The lowest BCUT2D eigenvalue weighted by molar-refractivity contribution is 0.468. The highest BCUT2D eigenvalue weighted by Gasteiger charge is 2.43. The first-order valence-corrected chi connectivity index (χ1v) is 7.44. The zero-order chi connectivity index (χ0) is 14.1. The molecule has 0 aromatic carbocycles. The van der Waals surface area contributed by atoms with Crippen molar-refractivity contribution in [2.24, 2.45) is 11.8 Å². The first-order valence-electron chi connectivity index (χ1n) is 7.44. The number of nitrogens with one attached hydrogen (secondary N) is 1. The quantitative estimate of drug-likeness (QED) is 0.922. The van der Waals surface area contributed by atoms with Gasteiger partial charge in [-0.15, -0.1) is 0 Å². The van der Waals surface area contributed by atoms with Gasteiger partial charge in [-0.2, -0.15) is 0 Å². The van der Waals surface area contributed by atoms with Crippen LogP contribution in [0.4, 0.5) is 11.8 Å². The second-order valence-electron chi connectivity index (χ2n) is 5.80. The molecule has 2 fully saturated rings. The largest absolute Gasteiger partial charge is 0.366 e. The average molecular weight is 282 g/mol. The van der Waals surface area contributed by atoms with Gasteiger partial charge >= 0.3 is 0 Å². The van der Waals surface area contributed by atoms with E-state index in [1.54, 1.807) is 18.6 Å². The molecule has 4 rings (SSSR count). The summed E-state index contributed by atoms with van der Waals surface area (Å²) in [6.07, 6.45) is 11.3. The predicted molar refractivity (Wildman–Crippen MR) is 79.9 cm³/mol. The average Bonchev–Trinajstić information content (AvgIpc) is 3.11. The van der Waals surface area contributed by atoms with Crippen molar-refractivity contribution >= 4 is 11.8 Å². The van der Waals surface area contributed by atoms with Gasteiger partial charge in [-0.1, -0.05) is 0 Å². The molecule has 0 amide bonds. The van der Waals surface area contributed by atoms with E-state index in [4.69, 9.17) is 0 Å². The van der Waals surface area contributed by atoms with Crippen LogP contribution in [0.15, 0.2) is 37.1 Å². The van der Waals surface area contributed by atoms with Crippen LogP contribution in [0, 0.1) is 11.8 Å². The zero-order valence-corrected chi connectivity index (χ0v) is 11.8. The first kappa shape index (κ1) is 12.5. The van der Waals surface area contributed by atoms with Crippen molar-refractivity contribution in [1.29, 1.82) is 0 Å². The standard InChI is InChI=1S/C15H18N6/c1-4-18-15(19-5-1)21-9-11-2-3-13(12(11)10-21)20-14-8-16-6-7-17-14/h1,4-8,11-13H,2-3,9-10H2,(H,17,20)/t11-,12+,13-/m1/s1. The summed E-state index contributed by atoms with van der Waals surface area (Å²) in [5.41, 5.74) is 0. The van der Waals surface area contributed by atoms with E-state index in [2.05, 4.69) is 30.2 Å². The van der Waals surface area contributed by atoms with E-state index in [0.717, 1.165) is 30.8 Å². The third-order valence-corrected chi connectivity index (χ3v) is 4.59. The summed E-state index contributed by atoms with van der Waals surface area (Å²) in [5, 5.41) is 3.54. The molecule has 21 heavy (non-hydrogen) atoms. The molecule has 0 spiro atoms. The fourth-order valence-corrected chi connectivity index (χ4v) is 3.63. The van der Waals surface area contributed by atoms with Crippen molar-refractivity contribution in [3.63, 3.8) is 0 Å². The molecule has 2 aliphatic rings. The molecule has 1 saturated heterocycles. The Morgan fingerprint density at radius 1 is 1.00 bits per heavy atom. The van der Waals surface area contributed by atoms with Gasteiger partial charge in [-0.05, 0) is 24.8 Å². The van der Waals surface area contributed by atoms with E-state index in [1.165, 1.54) is 12.8 Å². The minimum Gasteiger partial charge on any atom is -0.366 e. The lowest BCUT2D eigenvalue weighted by Crippen LogP contribution is -2.30. The lowest BCUT2D eigenvalue weighted by atomic mass is 9.98. The van der Waals surface area contributed by atoms with Crippen LogP contribution >= 0.6 is 0 Å². The Hall–Kier alpha value is -2.24. The summed E-state index contributed by atoms with van der Waals surface area (Å²) in [7, 11) is 0. The minimum absolute atomic E-state index is 0.473. The number of nitrogens with zero attached hydrogens (tertiary/aromatic N) is 5. The Bertz CT molecular complexity index is 590. The highest BCUT2D eigenvalue weighted by Crippen LogP contribution is 2.40. The summed E-state index contributed by atoms with van der Waals surface area (Å²) < 4.78 is 0. The van der Waals surface area contributed by atoms with Crippen molar-refractivity contribution in [3.05, 3.63) is 37.1 Å². The molecular formula is C15H18N6. The van der Waals surface area contributed by atoms with Crippen LogP contribution in [0.25, 0.3) is 0 Å². The Kier molecular flexibility index (Phi) is 3.14. The van der Waals surface area contributed by atoms with Crippen LogP contribution in [-0.4, -0.2) is 39.1 Å². The molecule has 3 atom stereocenters. The summed E-state index contributed by atoms with van der Waals surface area (Å²) in [4.78, 5) is 19.5. The van der Waals surface area contributed by atoms with Gasteiger partial charge in [-0.25, -0.2) is 15.0 Å². The van der Waals surface area contributed by atoms with E-state index >= 15 is 0 Å². The number of aromatic nitrogens is 4. The molecule has 1 saturated carbocycles. The summed E-state index contributed by atoms with van der Waals surface area (Å²) in [5.74, 6) is 3.08. The van der Waals surface area contributed by atoms with Gasteiger partial charge in [0.25, 0.3) is 0 Å². The lowest BCUT2D eigenvalue weighted by Gasteiger charge is -2.21. The molecule has 3 heterocycles. The van der Waals surface area contributed by atoms with E-state index in [-0.39, 0.29) is 0 Å². The molecule has 6 heteroatoms. The van der Waals surface area contributed by atoms with Crippen LogP contribution < -0.4 is 10.2 Å². The van der Waals surface area contributed by atoms with Crippen LogP contribution in [0.5, 0.6) is 0 Å². The molecular weight excluding hydrogens is 264 g/mol.